The van der Waals surface area contributed by atoms with Crippen LogP contribution in [0.2, 0.25) is 0 Å². The number of nitrogens with zero attached hydrogens (tertiary/aromatic N) is 4. The summed E-state index contributed by atoms with van der Waals surface area (Å²) in [7, 11) is 1.94. The maximum absolute atomic E-state index is 4.18. The van der Waals surface area contributed by atoms with Crippen molar-refractivity contribution < 1.29 is 0 Å². The summed E-state index contributed by atoms with van der Waals surface area (Å²) >= 11 is 0. The number of benzene rings is 1. The van der Waals surface area contributed by atoms with Gasteiger partial charge in [0.2, 0.25) is 0 Å². The molecule has 0 radical (unpaired) electrons. The lowest BCUT2D eigenvalue weighted by atomic mass is 10.1. The summed E-state index contributed by atoms with van der Waals surface area (Å²) in [5.41, 5.74) is 4.50. The number of anilines is 1. The van der Waals surface area contributed by atoms with Gasteiger partial charge in [-0.3, -0.25) is 4.98 Å². The minimum absolute atomic E-state index is 0.731. The van der Waals surface area contributed by atoms with Gasteiger partial charge in [-0.2, -0.15) is 0 Å². The molecule has 3 rings (SSSR count). The molecule has 0 saturated heterocycles. The molecule has 21 heavy (non-hydrogen) atoms. The second-order valence-corrected chi connectivity index (χ2v) is 4.97. The number of rotatable bonds is 4. The van der Waals surface area contributed by atoms with Crippen LogP contribution in [0.5, 0.6) is 0 Å². The summed E-state index contributed by atoms with van der Waals surface area (Å²) in [6, 6.07) is 10.1. The van der Waals surface area contributed by atoms with E-state index in [1.165, 1.54) is 11.1 Å². The van der Waals surface area contributed by atoms with Gasteiger partial charge < -0.3 is 9.88 Å². The quantitative estimate of drug-likeness (QED) is 0.798. The Kier molecular flexibility index (Phi) is 3.64. The lowest BCUT2D eigenvalue weighted by Gasteiger charge is -2.12. The van der Waals surface area contributed by atoms with Crippen molar-refractivity contribution in [1.29, 1.82) is 0 Å². The molecule has 3 aromatic rings. The molecule has 0 saturated carbocycles. The summed E-state index contributed by atoms with van der Waals surface area (Å²) in [6.45, 7) is 2.82. The lowest BCUT2D eigenvalue weighted by Crippen LogP contribution is -2.04. The van der Waals surface area contributed by atoms with E-state index in [4.69, 9.17) is 0 Å². The van der Waals surface area contributed by atoms with E-state index in [9.17, 15) is 0 Å². The maximum Gasteiger partial charge on any atom is 0.165 e. The van der Waals surface area contributed by atoms with Gasteiger partial charge >= 0.3 is 0 Å². The predicted molar refractivity (Wildman–Crippen MR) is 82.7 cm³/mol. The normalized spacial score (nSPS) is 10.6. The van der Waals surface area contributed by atoms with Crippen molar-refractivity contribution >= 4 is 5.69 Å². The summed E-state index contributed by atoms with van der Waals surface area (Å²) in [6.07, 6.45) is 5.41. The molecule has 2 heterocycles. The third kappa shape index (κ3) is 2.76. The van der Waals surface area contributed by atoms with Crippen molar-refractivity contribution in [1.82, 2.24) is 19.7 Å². The van der Waals surface area contributed by atoms with Gasteiger partial charge in [-0.15, -0.1) is 10.2 Å². The molecule has 106 valence electrons. The van der Waals surface area contributed by atoms with Crippen molar-refractivity contribution in [3.8, 4) is 11.4 Å². The summed E-state index contributed by atoms with van der Waals surface area (Å²) in [5.74, 6) is 0.848. The second-order valence-electron chi connectivity index (χ2n) is 4.97. The first kappa shape index (κ1) is 13.3. The number of para-hydroxylation sites is 1. The van der Waals surface area contributed by atoms with Crippen LogP contribution in [0.25, 0.3) is 11.4 Å². The maximum atomic E-state index is 4.18. The Morgan fingerprint density at radius 1 is 1.19 bits per heavy atom. The molecule has 0 spiro atoms. The average Bonchev–Trinajstić information content (AvgIpc) is 2.93. The van der Waals surface area contributed by atoms with Crippen LogP contribution in [0, 0.1) is 6.92 Å². The number of aryl methyl sites for hydroxylation is 2. The zero-order valence-electron chi connectivity index (χ0n) is 12.1. The number of aromatic nitrogens is 4. The number of hydrogen-bond donors (Lipinski definition) is 1. The number of hydrogen-bond acceptors (Lipinski definition) is 4. The van der Waals surface area contributed by atoms with Crippen molar-refractivity contribution in [2.24, 2.45) is 7.05 Å². The van der Waals surface area contributed by atoms with Gasteiger partial charge in [-0.1, -0.05) is 12.1 Å². The molecule has 1 N–H and O–H groups in total. The first-order valence-electron chi connectivity index (χ1n) is 6.82. The lowest BCUT2D eigenvalue weighted by molar-refractivity contribution is 0.919. The first-order chi connectivity index (χ1) is 10.3. The molecular formula is C16H17N5. The SMILES string of the molecule is Cc1ccncc1CNc1ccccc1-c1nncn1C. The molecule has 0 unspecified atom stereocenters. The van der Waals surface area contributed by atoms with Crippen LogP contribution in [-0.2, 0) is 13.6 Å². The monoisotopic (exact) mass is 279 g/mol. The zero-order chi connectivity index (χ0) is 14.7. The molecule has 1 aromatic carbocycles. The number of nitrogens with one attached hydrogen (secondary N) is 1. The summed E-state index contributed by atoms with van der Waals surface area (Å²) < 4.78 is 1.91. The highest BCUT2D eigenvalue weighted by Crippen LogP contribution is 2.26. The fourth-order valence-electron chi connectivity index (χ4n) is 2.23. The molecule has 0 aliphatic heterocycles. The number of pyridine rings is 1. The highest BCUT2D eigenvalue weighted by atomic mass is 15.2. The minimum atomic E-state index is 0.731. The molecule has 2 aromatic heterocycles. The largest absolute Gasteiger partial charge is 0.380 e. The molecule has 0 amide bonds. The zero-order valence-corrected chi connectivity index (χ0v) is 12.1. The van der Waals surface area contributed by atoms with Gasteiger partial charge in [0.05, 0.1) is 0 Å². The van der Waals surface area contributed by atoms with Crippen LogP contribution in [0.4, 0.5) is 5.69 Å². The van der Waals surface area contributed by atoms with Crippen molar-refractivity contribution in [2.45, 2.75) is 13.5 Å². The highest BCUT2D eigenvalue weighted by Gasteiger charge is 2.09. The van der Waals surface area contributed by atoms with E-state index < -0.39 is 0 Å². The Morgan fingerprint density at radius 2 is 2.05 bits per heavy atom. The van der Waals surface area contributed by atoms with Crippen molar-refractivity contribution in [3.05, 3.63) is 60.2 Å². The van der Waals surface area contributed by atoms with Gasteiger partial charge in [0.15, 0.2) is 5.82 Å². The van der Waals surface area contributed by atoms with Crippen LogP contribution in [-0.4, -0.2) is 19.7 Å². The predicted octanol–water partition coefficient (Wildman–Crippen LogP) is 2.80. The minimum Gasteiger partial charge on any atom is -0.380 e. The van der Waals surface area contributed by atoms with Crippen molar-refractivity contribution in [3.63, 3.8) is 0 Å². The fraction of sp³-hybridized carbons (Fsp3) is 0.188. The highest BCUT2D eigenvalue weighted by molar-refractivity contribution is 5.73. The van der Waals surface area contributed by atoms with Crippen LogP contribution < -0.4 is 5.32 Å². The first-order valence-corrected chi connectivity index (χ1v) is 6.82. The van der Waals surface area contributed by atoms with E-state index in [1.54, 1.807) is 6.33 Å². The van der Waals surface area contributed by atoms with Gasteiger partial charge in [0, 0.05) is 37.2 Å². The molecule has 5 nitrogen and oxygen atoms in total. The Morgan fingerprint density at radius 3 is 2.81 bits per heavy atom. The third-order valence-corrected chi connectivity index (χ3v) is 3.50. The third-order valence-electron chi connectivity index (χ3n) is 3.50. The Labute approximate surface area is 123 Å². The fourth-order valence-corrected chi connectivity index (χ4v) is 2.23. The van der Waals surface area contributed by atoms with Gasteiger partial charge in [0.1, 0.15) is 6.33 Å². The van der Waals surface area contributed by atoms with Gasteiger partial charge in [0.25, 0.3) is 0 Å². The average molecular weight is 279 g/mol. The Bertz CT molecular complexity index is 748. The van der Waals surface area contributed by atoms with E-state index in [0.717, 1.165) is 23.6 Å². The Hall–Kier alpha value is -2.69. The second kappa shape index (κ2) is 5.75. The van der Waals surface area contributed by atoms with Gasteiger partial charge in [-0.05, 0) is 36.2 Å². The summed E-state index contributed by atoms with van der Waals surface area (Å²) in [5, 5.41) is 11.6. The van der Waals surface area contributed by atoms with Crippen LogP contribution >= 0.6 is 0 Å². The molecular weight excluding hydrogens is 262 g/mol. The molecule has 0 aliphatic rings. The van der Waals surface area contributed by atoms with E-state index in [0.29, 0.717) is 0 Å². The molecule has 0 atom stereocenters. The molecule has 0 bridgehead atoms. The van der Waals surface area contributed by atoms with Gasteiger partial charge in [-0.25, -0.2) is 0 Å². The van der Waals surface area contributed by atoms with E-state index in [-0.39, 0.29) is 0 Å². The van der Waals surface area contributed by atoms with Crippen LogP contribution in [0.15, 0.2) is 49.1 Å². The van der Waals surface area contributed by atoms with Crippen LogP contribution in [0.1, 0.15) is 11.1 Å². The van der Waals surface area contributed by atoms with Crippen molar-refractivity contribution in [2.75, 3.05) is 5.32 Å². The molecule has 0 aliphatic carbocycles. The molecule has 5 heteroatoms. The van der Waals surface area contributed by atoms with Crippen LogP contribution in [0.3, 0.4) is 0 Å². The smallest absolute Gasteiger partial charge is 0.165 e. The van der Waals surface area contributed by atoms with E-state index >= 15 is 0 Å². The molecule has 0 fully saturated rings. The standard InChI is InChI=1S/C16H17N5/c1-12-7-8-17-9-13(12)10-18-15-6-4-3-5-14(15)16-20-19-11-21(16)2/h3-9,11,18H,10H2,1-2H3. The Balaban J connectivity index is 1.87. The van der Waals surface area contributed by atoms with E-state index in [2.05, 4.69) is 33.5 Å². The summed E-state index contributed by atoms with van der Waals surface area (Å²) in [4.78, 5) is 4.18. The topological polar surface area (TPSA) is 55.6 Å². The van der Waals surface area contributed by atoms with E-state index in [1.807, 2.05) is 48.3 Å².